The van der Waals surface area contributed by atoms with Crippen LogP contribution in [0.3, 0.4) is 0 Å². The Kier molecular flexibility index (Phi) is 4.90. The van der Waals surface area contributed by atoms with E-state index in [4.69, 9.17) is 14.2 Å². The van der Waals surface area contributed by atoms with E-state index in [0.29, 0.717) is 5.69 Å². The van der Waals surface area contributed by atoms with Crippen LogP contribution in [0.1, 0.15) is 25.0 Å². The number of esters is 2. The molecular formula is C21H21NO5. The van der Waals surface area contributed by atoms with Crippen molar-refractivity contribution in [2.24, 2.45) is 0 Å². The zero-order valence-corrected chi connectivity index (χ0v) is 15.7. The van der Waals surface area contributed by atoms with Crippen LogP contribution in [0, 0.1) is 13.8 Å². The fourth-order valence-electron chi connectivity index (χ4n) is 2.58. The highest BCUT2D eigenvalue weighted by molar-refractivity contribution is 6.15. The van der Waals surface area contributed by atoms with Gasteiger partial charge in [0.2, 0.25) is 0 Å². The van der Waals surface area contributed by atoms with Gasteiger partial charge in [-0.05, 0) is 49.2 Å². The van der Waals surface area contributed by atoms with E-state index >= 15 is 0 Å². The maximum absolute atomic E-state index is 11.9. The highest BCUT2D eigenvalue weighted by Gasteiger charge is 2.38. The zero-order valence-electron chi connectivity index (χ0n) is 15.7. The molecule has 0 spiro atoms. The fourth-order valence-corrected chi connectivity index (χ4v) is 2.58. The maximum atomic E-state index is 11.9. The first-order chi connectivity index (χ1) is 12.7. The highest BCUT2D eigenvalue weighted by Crippen LogP contribution is 2.29. The van der Waals surface area contributed by atoms with Crippen molar-refractivity contribution < 1.29 is 23.8 Å². The second-order valence-electron chi connectivity index (χ2n) is 6.73. The normalized spacial score (nSPS) is 15.6. The van der Waals surface area contributed by atoms with Gasteiger partial charge in [0.25, 0.3) is 5.79 Å². The van der Waals surface area contributed by atoms with Gasteiger partial charge in [0.15, 0.2) is 5.57 Å². The van der Waals surface area contributed by atoms with E-state index in [1.54, 1.807) is 6.07 Å². The lowest BCUT2D eigenvalue weighted by atomic mass is 10.2. The van der Waals surface area contributed by atoms with Gasteiger partial charge in [0.1, 0.15) is 11.5 Å². The van der Waals surface area contributed by atoms with Crippen LogP contribution in [-0.2, 0) is 19.1 Å². The second-order valence-corrected chi connectivity index (χ2v) is 6.73. The largest absolute Gasteiger partial charge is 0.457 e. The van der Waals surface area contributed by atoms with Gasteiger partial charge in [-0.15, -0.1) is 0 Å². The highest BCUT2D eigenvalue weighted by atomic mass is 16.7. The first-order valence-corrected chi connectivity index (χ1v) is 8.53. The summed E-state index contributed by atoms with van der Waals surface area (Å²) in [6.07, 6.45) is 1.29. The number of benzene rings is 2. The van der Waals surface area contributed by atoms with Crippen molar-refractivity contribution in [1.82, 2.24) is 0 Å². The number of carbonyl (C=O) groups is 2. The van der Waals surface area contributed by atoms with Gasteiger partial charge in [0, 0.05) is 25.7 Å². The molecule has 1 N–H and O–H groups in total. The molecule has 0 unspecified atom stereocenters. The molecule has 1 heterocycles. The molecule has 27 heavy (non-hydrogen) atoms. The molecule has 1 fully saturated rings. The predicted molar refractivity (Wildman–Crippen MR) is 100 cm³/mol. The number of anilines is 1. The number of hydrogen-bond acceptors (Lipinski definition) is 6. The van der Waals surface area contributed by atoms with Crippen molar-refractivity contribution in [3.8, 4) is 11.5 Å². The van der Waals surface area contributed by atoms with Crippen molar-refractivity contribution in [2.45, 2.75) is 33.5 Å². The average molecular weight is 367 g/mol. The number of hydrogen-bond donors (Lipinski definition) is 1. The van der Waals surface area contributed by atoms with Gasteiger partial charge in [-0.3, -0.25) is 0 Å². The Labute approximate surface area is 157 Å². The van der Waals surface area contributed by atoms with E-state index in [1.807, 2.05) is 50.2 Å². The molecule has 6 nitrogen and oxygen atoms in total. The monoisotopic (exact) mass is 367 g/mol. The number of ether oxygens (including phenoxy) is 3. The third kappa shape index (κ3) is 4.28. The first-order valence-electron chi connectivity index (χ1n) is 8.53. The lowest BCUT2D eigenvalue weighted by Gasteiger charge is -2.29. The Morgan fingerprint density at radius 3 is 2.19 bits per heavy atom. The zero-order chi connectivity index (χ0) is 19.6. The van der Waals surface area contributed by atoms with Crippen molar-refractivity contribution >= 4 is 17.6 Å². The van der Waals surface area contributed by atoms with E-state index < -0.39 is 17.7 Å². The number of para-hydroxylation sites is 1. The fraction of sp³-hybridized carbons (Fsp3) is 0.238. The minimum atomic E-state index is -1.25. The number of aryl methyl sites for hydroxylation is 2. The lowest BCUT2D eigenvalue weighted by molar-refractivity contribution is -0.222. The van der Waals surface area contributed by atoms with Crippen molar-refractivity contribution in [3.63, 3.8) is 0 Å². The predicted octanol–water partition coefficient (Wildman–Crippen LogP) is 4.23. The molecule has 1 aliphatic heterocycles. The molecule has 2 aromatic carbocycles. The molecule has 6 heteroatoms. The standard InChI is InChI=1S/C21H21NO5/c1-13-7-5-6-8-17(13)25-18-10-9-15(11-14(18)2)22-12-16-19(23)26-21(3,4)27-20(16)24/h5-12,22H,1-4H3. The summed E-state index contributed by atoms with van der Waals surface area (Å²) >= 11 is 0. The molecule has 140 valence electrons. The minimum Gasteiger partial charge on any atom is -0.457 e. The van der Waals surface area contributed by atoms with Crippen LogP contribution in [-0.4, -0.2) is 17.7 Å². The Balaban J connectivity index is 1.74. The van der Waals surface area contributed by atoms with Crippen LogP contribution in [0.25, 0.3) is 0 Å². The summed E-state index contributed by atoms with van der Waals surface area (Å²) in [5, 5.41) is 2.93. The van der Waals surface area contributed by atoms with Crippen molar-refractivity contribution in [1.29, 1.82) is 0 Å². The molecule has 2 aromatic rings. The summed E-state index contributed by atoms with van der Waals surface area (Å²) in [5.74, 6) is -1.18. The molecule has 0 atom stereocenters. The van der Waals surface area contributed by atoms with Crippen LogP contribution >= 0.6 is 0 Å². The molecule has 1 saturated heterocycles. The number of nitrogens with one attached hydrogen (secondary N) is 1. The number of rotatable bonds is 4. The molecule has 1 aliphatic rings. The maximum Gasteiger partial charge on any atom is 0.350 e. The Morgan fingerprint density at radius 1 is 0.926 bits per heavy atom. The Bertz CT molecular complexity index is 908. The van der Waals surface area contributed by atoms with Crippen LogP contribution < -0.4 is 10.1 Å². The SMILES string of the molecule is Cc1ccccc1Oc1ccc(NC=C2C(=O)OC(C)(C)OC2=O)cc1C. The van der Waals surface area contributed by atoms with Gasteiger partial charge >= 0.3 is 11.9 Å². The lowest BCUT2D eigenvalue weighted by Crippen LogP contribution is -2.42. The number of cyclic esters (lactones) is 2. The smallest absolute Gasteiger partial charge is 0.350 e. The third-order valence-electron chi connectivity index (χ3n) is 3.99. The summed E-state index contributed by atoms with van der Waals surface area (Å²) in [6.45, 7) is 6.90. The Morgan fingerprint density at radius 2 is 1.56 bits per heavy atom. The van der Waals surface area contributed by atoms with E-state index in [1.165, 1.54) is 20.0 Å². The third-order valence-corrected chi connectivity index (χ3v) is 3.99. The molecule has 3 rings (SSSR count). The first kappa shape index (κ1) is 18.5. The summed E-state index contributed by atoms with van der Waals surface area (Å²) in [6, 6.07) is 13.2. The molecule has 0 radical (unpaired) electrons. The van der Waals surface area contributed by atoms with E-state index in [2.05, 4.69) is 5.32 Å². The van der Waals surface area contributed by atoms with Gasteiger partial charge in [-0.2, -0.15) is 0 Å². The van der Waals surface area contributed by atoms with Gasteiger partial charge < -0.3 is 19.5 Å². The second kappa shape index (κ2) is 7.15. The molecule has 0 aliphatic carbocycles. The Hall–Kier alpha value is -3.28. The van der Waals surface area contributed by atoms with Crippen LogP contribution in [0.5, 0.6) is 11.5 Å². The summed E-state index contributed by atoms with van der Waals surface area (Å²) in [5.41, 5.74) is 2.45. The van der Waals surface area contributed by atoms with Gasteiger partial charge in [-0.1, -0.05) is 18.2 Å². The molecular weight excluding hydrogens is 346 g/mol. The van der Waals surface area contributed by atoms with Gasteiger partial charge in [0.05, 0.1) is 0 Å². The van der Waals surface area contributed by atoms with E-state index in [0.717, 1.165) is 22.6 Å². The van der Waals surface area contributed by atoms with E-state index in [9.17, 15) is 9.59 Å². The van der Waals surface area contributed by atoms with Crippen molar-refractivity contribution in [3.05, 3.63) is 65.4 Å². The quantitative estimate of drug-likeness (QED) is 0.495. The van der Waals surface area contributed by atoms with E-state index in [-0.39, 0.29) is 5.57 Å². The van der Waals surface area contributed by atoms with Crippen LogP contribution in [0.4, 0.5) is 5.69 Å². The summed E-state index contributed by atoms with van der Waals surface area (Å²) in [7, 11) is 0. The topological polar surface area (TPSA) is 73.9 Å². The average Bonchev–Trinajstić information content (AvgIpc) is 2.57. The summed E-state index contributed by atoms with van der Waals surface area (Å²) in [4.78, 5) is 23.9. The number of carbonyl (C=O) groups excluding carboxylic acids is 2. The van der Waals surface area contributed by atoms with Crippen LogP contribution in [0.2, 0.25) is 0 Å². The minimum absolute atomic E-state index is 0.188. The van der Waals surface area contributed by atoms with Gasteiger partial charge in [-0.25, -0.2) is 9.59 Å². The molecule has 0 aromatic heterocycles. The van der Waals surface area contributed by atoms with Crippen LogP contribution in [0.15, 0.2) is 54.2 Å². The van der Waals surface area contributed by atoms with Crippen molar-refractivity contribution in [2.75, 3.05) is 5.32 Å². The molecule has 0 amide bonds. The molecule has 0 saturated carbocycles. The molecule has 0 bridgehead atoms. The summed E-state index contributed by atoms with van der Waals surface area (Å²) < 4.78 is 16.1.